The normalized spacial score (nSPS) is 16.5. The van der Waals surface area contributed by atoms with Gasteiger partial charge in [0, 0.05) is 11.9 Å². The number of nitrogens with two attached hydrogens (primary N) is 1. The Morgan fingerprint density at radius 1 is 1.46 bits per heavy atom. The summed E-state index contributed by atoms with van der Waals surface area (Å²) in [5.41, 5.74) is 7.62. The largest absolute Gasteiger partial charge is 0.478 e. The molecule has 1 aliphatic rings. The number of carboxylic acids is 1. The van der Waals surface area contributed by atoms with Crippen LogP contribution in [0.25, 0.3) is 0 Å². The molecule has 130 valence electrons. The first-order valence-corrected chi connectivity index (χ1v) is 8.29. The molecule has 0 spiro atoms. The molecule has 6 heteroatoms. The second-order valence-corrected chi connectivity index (χ2v) is 6.19. The average Bonchev–Trinajstić information content (AvgIpc) is 3.35. The SMILES string of the molecule is CCc1nc(N=CC=C(N)COCC2(CC)CC2)ccc1C(=O)O. The zero-order valence-electron chi connectivity index (χ0n) is 14.3. The fourth-order valence-corrected chi connectivity index (χ4v) is 2.45. The summed E-state index contributed by atoms with van der Waals surface area (Å²) in [6.07, 6.45) is 7.42. The van der Waals surface area contributed by atoms with Gasteiger partial charge in [-0.25, -0.2) is 14.8 Å². The Bertz CT molecular complexity index is 649. The lowest BCUT2D eigenvalue weighted by Gasteiger charge is -2.12. The van der Waals surface area contributed by atoms with Crippen molar-refractivity contribution in [2.45, 2.75) is 39.5 Å². The lowest BCUT2D eigenvalue weighted by atomic mass is 10.1. The molecule has 1 saturated carbocycles. The highest BCUT2D eigenvalue weighted by Crippen LogP contribution is 2.48. The molecule has 6 nitrogen and oxygen atoms in total. The maximum atomic E-state index is 11.1. The number of carboxylic acid groups (broad SMARTS) is 1. The van der Waals surface area contributed by atoms with Gasteiger partial charge in [-0.2, -0.15) is 0 Å². The first kappa shape index (κ1) is 18.1. The van der Waals surface area contributed by atoms with Crippen molar-refractivity contribution in [3.05, 3.63) is 35.2 Å². The van der Waals surface area contributed by atoms with Gasteiger partial charge in [0.05, 0.1) is 24.5 Å². The standard InChI is InChI=1S/C18H25N3O3/c1-3-15-14(17(22)23)5-6-16(21-15)20-10-7-13(19)11-24-12-18(4-2)8-9-18/h5-7,10H,3-4,8-9,11-12,19H2,1-2H3,(H,22,23). The molecule has 0 atom stereocenters. The van der Waals surface area contributed by atoms with Crippen LogP contribution in [0.2, 0.25) is 0 Å². The maximum absolute atomic E-state index is 11.1. The van der Waals surface area contributed by atoms with Crippen molar-refractivity contribution in [3.8, 4) is 0 Å². The summed E-state index contributed by atoms with van der Waals surface area (Å²) in [6.45, 7) is 5.20. The van der Waals surface area contributed by atoms with Gasteiger partial charge in [0.25, 0.3) is 0 Å². The van der Waals surface area contributed by atoms with E-state index in [0.29, 0.717) is 35.7 Å². The van der Waals surface area contributed by atoms with Gasteiger partial charge >= 0.3 is 5.97 Å². The monoisotopic (exact) mass is 331 g/mol. The van der Waals surface area contributed by atoms with Gasteiger partial charge in [-0.3, -0.25) is 0 Å². The topological polar surface area (TPSA) is 97.8 Å². The first-order valence-electron chi connectivity index (χ1n) is 8.29. The molecule has 0 radical (unpaired) electrons. The van der Waals surface area contributed by atoms with E-state index in [9.17, 15) is 4.79 Å². The summed E-state index contributed by atoms with van der Waals surface area (Å²) < 4.78 is 5.66. The van der Waals surface area contributed by atoms with Crippen LogP contribution in [0, 0.1) is 5.41 Å². The summed E-state index contributed by atoms with van der Waals surface area (Å²) in [5, 5.41) is 9.08. The van der Waals surface area contributed by atoms with Gasteiger partial charge in [-0.15, -0.1) is 0 Å². The van der Waals surface area contributed by atoms with Crippen molar-refractivity contribution in [1.82, 2.24) is 4.98 Å². The lowest BCUT2D eigenvalue weighted by Crippen LogP contribution is -2.14. The van der Waals surface area contributed by atoms with Crippen molar-refractivity contribution in [2.24, 2.45) is 16.1 Å². The highest BCUT2D eigenvalue weighted by molar-refractivity contribution is 5.89. The lowest BCUT2D eigenvalue weighted by molar-refractivity contribution is 0.0695. The van der Waals surface area contributed by atoms with Crippen LogP contribution in [0.3, 0.4) is 0 Å². The molecule has 0 bridgehead atoms. The molecule has 1 fully saturated rings. The van der Waals surface area contributed by atoms with Crippen LogP contribution in [0.4, 0.5) is 5.82 Å². The van der Waals surface area contributed by atoms with Gasteiger partial charge < -0.3 is 15.6 Å². The molecule has 1 heterocycles. The number of rotatable bonds is 9. The second kappa shape index (κ2) is 8.06. The number of hydrogen-bond donors (Lipinski definition) is 2. The van der Waals surface area contributed by atoms with Crippen LogP contribution in [0.5, 0.6) is 0 Å². The Balaban J connectivity index is 1.89. The van der Waals surface area contributed by atoms with Crippen LogP contribution in [0.1, 0.15) is 49.2 Å². The van der Waals surface area contributed by atoms with Gasteiger partial charge in [0.1, 0.15) is 0 Å². The Morgan fingerprint density at radius 2 is 2.21 bits per heavy atom. The van der Waals surface area contributed by atoms with Crippen LogP contribution in [-0.2, 0) is 11.2 Å². The van der Waals surface area contributed by atoms with E-state index in [4.69, 9.17) is 15.6 Å². The number of pyridine rings is 1. The number of aromatic carboxylic acids is 1. The van der Waals surface area contributed by atoms with Crippen molar-refractivity contribution in [2.75, 3.05) is 13.2 Å². The zero-order chi connectivity index (χ0) is 17.6. The molecule has 0 aliphatic heterocycles. The van der Waals surface area contributed by atoms with Crippen molar-refractivity contribution < 1.29 is 14.6 Å². The Labute approximate surface area is 142 Å². The molecule has 2 rings (SSSR count). The number of aryl methyl sites for hydroxylation is 1. The van der Waals surface area contributed by atoms with E-state index in [1.54, 1.807) is 18.4 Å². The first-order chi connectivity index (χ1) is 11.5. The van der Waals surface area contributed by atoms with Crippen molar-refractivity contribution in [3.63, 3.8) is 0 Å². The van der Waals surface area contributed by atoms with E-state index in [2.05, 4.69) is 16.9 Å². The van der Waals surface area contributed by atoms with Gasteiger partial charge in [-0.1, -0.05) is 13.8 Å². The summed E-state index contributed by atoms with van der Waals surface area (Å²) in [5.74, 6) is -0.513. The predicted molar refractivity (Wildman–Crippen MR) is 93.8 cm³/mol. The number of aliphatic imine (C=N–C) groups is 1. The Morgan fingerprint density at radius 3 is 2.79 bits per heavy atom. The van der Waals surface area contributed by atoms with Crippen LogP contribution < -0.4 is 5.73 Å². The minimum Gasteiger partial charge on any atom is -0.478 e. The highest BCUT2D eigenvalue weighted by Gasteiger charge is 2.40. The van der Waals surface area contributed by atoms with Crippen molar-refractivity contribution in [1.29, 1.82) is 0 Å². The maximum Gasteiger partial charge on any atom is 0.337 e. The summed E-state index contributed by atoms with van der Waals surface area (Å²) in [4.78, 5) is 19.5. The third kappa shape index (κ3) is 4.89. The molecule has 1 aliphatic carbocycles. The molecule has 3 N–H and O–H groups in total. The smallest absolute Gasteiger partial charge is 0.337 e. The molecule has 24 heavy (non-hydrogen) atoms. The van der Waals surface area contributed by atoms with Gasteiger partial charge in [0.2, 0.25) is 0 Å². The number of aromatic nitrogens is 1. The molecular formula is C18H25N3O3. The van der Waals surface area contributed by atoms with E-state index in [-0.39, 0.29) is 5.56 Å². The predicted octanol–water partition coefficient (Wildman–Crippen LogP) is 3.09. The molecule has 0 aromatic carbocycles. The number of carbonyl (C=O) groups is 1. The molecule has 0 amide bonds. The van der Waals surface area contributed by atoms with Crippen LogP contribution >= 0.6 is 0 Å². The fourth-order valence-electron chi connectivity index (χ4n) is 2.45. The molecule has 0 saturated heterocycles. The minimum absolute atomic E-state index is 0.213. The van der Waals surface area contributed by atoms with Gasteiger partial charge in [0.15, 0.2) is 5.82 Å². The summed E-state index contributed by atoms with van der Waals surface area (Å²) in [7, 11) is 0. The molecule has 0 unspecified atom stereocenters. The van der Waals surface area contributed by atoms with E-state index < -0.39 is 5.97 Å². The highest BCUT2D eigenvalue weighted by atomic mass is 16.5. The third-order valence-corrected chi connectivity index (χ3v) is 4.40. The summed E-state index contributed by atoms with van der Waals surface area (Å²) in [6, 6.07) is 3.11. The Kier molecular flexibility index (Phi) is 6.09. The number of hydrogen-bond acceptors (Lipinski definition) is 5. The average molecular weight is 331 g/mol. The van der Waals surface area contributed by atoms with E-state index in [1.165, 1.54) is 18.9 Å². The van der Waals surface area contributed by atoms with Crippen LogP contribution in [-0.4, -0.2) is 35.5 Å². The third-order valence-electron chi connectivity index (χ3n) is 4.40. The molecular weight excluding hydrogens is 306 g/mol. The fraction of sp³-hybridized carbons (Fsp3) is 0.500. The van der Waals surface area contributed by atoms with E-state index in [1.807, 2.05) is 6.92 Å². The Hall–Kier alpha value is -2.21. The molecule has 1 aromatic heterocycles. The zero-order valence-corrected chi connectivity index (χ0v) is 14.3. The van der Waals surface area contributed by atoms with E-state index in [0.717, 1.165) is 13.0 Å². The minimum atomic E-state index is -0.975. The van der Waals surface area contributed by atoms with Crippen LogP contribution in [0.15, 0.2) is 28.9 Å². The quantitative estimate of drug-likeness (QED) is 0.678. The van der Waals surface area contributed by atoms with Crippen molar-refractivity contribution >= 4 is 18.0 Å². The number of nitrogens with zero attached hydrogens (tertiary/aromatic N) is 2. The molecule has 1 aromatic rings. The second-order valence-electron chi connectivity index (χ2n) is 6.19. The summed E-state index contributed by atoms with van der Waals surface area (Å²) >= 11 is 0. The van der Waals surface area contributed by atoms with Gasteiger partial charge in [-0.05, 0) is 49.3 Å². The van der Waals surface area contributed by atoms with E-state index >= 15 is 0 Å². The number of ether oxygens (including phenoxy) is 1. The number of allylic oxidation sites excluding steroid dienone is 1.